The van der Waals surface area contributed by atoms with Crippen LogP contribution in [0.3, 0.4) is 0 Å². The van der Waals surface area contributed by atoms with Crippen LogP contribution in [0.4, 0.5) is 9.59 Å². The van der Waals surface area contributed by atoms with E-state index in [1.54, 1.807) is 30.7 Å². The number of imidazole rings is 1. The van der Waals surface area contributed by atoms with Crippen LogP contribution in [0.5, 0.6) is 5.75 Å². The number of nitrogens with one attached hydrogen (secondary N) is 2. The van der Waals surface area contributed by atoms with Crippen LogP contribution >= 0.6 is 0 Å². The topological polar surface area (TPSA) is 133 Å². The smallest absolute Gasteiger partial charge is 0.410 e. The molecule has 254 valence electrons. The standard InChI is InChI=1S/C37H46N6O5/c1-37(2,3)48-35(45)42(25-31-33(44)14-9-19-38-31)23-27-15-17-28(18-16-27)24-43(36(46)47-26-29-10-5-4-6-11-29)32-13-8-7-12-30(32)41-22-34-39-20-21-40-34/h4-6,9-11,14-21,30,32,41,44H,7-8,12-13,22-26H2,1-3H3,(H,39,40)/t30-,32+/m0/s1. The summed E-state index contributed by atoms with van der Waals surface area (Å²) in [6.07, 6.45) is 8.18. The van der Waals surface area contributed by atoms with Gasteiger partial charge in [-0.1, -0.05) is 67.4 Å². The molecule has 2 atom stereocenters. The van der Waals surface area contributed by atoms with Crippen molar-refractivity contribution < 1.29 is 24.2 Å². The lowest BCUT2D eigenvalue weighted by molar-refractivity contribution is 0.0212. The molecule has 1 aliphatic rings. The fraction of sp³-hybridized carbons (Fsp3) is 0.405. The van der Waals surface area contributed by atoms with Crippen molar-refractivity contribution in [2.75, 3.05) is 0 Å². The fourth-order valence-electron chi connectivity index (χ4n) is 5.88. The highest BCUT2D eigenvalue weighted by atomic mass is 16.6. The second-order valence-corrected chi connectivity index (χ2v) is 13.2. The van der Waals surface area contributed by atoms with Crippen molar-refractivity contribution in [1.29, 1.82) is 0 Å². The number of hydrogen-bond acceptors (Lipinski definition) is 8. The highest BCUT2D eigenvalue weighted by Crippen LogP contribution is 2.27. The molecule has 4 aromatic rings. The first-order valence-electron chi connectivity index (χ1n) is 16.5. The number of H-pyrrole nitrogens is 1. The zero-order chi connectivity index (χ0) is 33.9. The Bertz CT molecular complexity index is 1590. The van der Waals surface area contributed by atoms with E-state index in [-0.39, 0.29) is 43.6 Å². The molecule has 5 rings (SSSR count). The largest absolute Gasteiger partial charge is 0.506 e. The Morgan fingerprint density at radius 1 is 0.875 bits per heavy atom. The predicted molar refractivity (Wildman–Crippen MR) is 181 cm³/mol. The van der Waals surface area contributed by atoms with Crippen LogP contribution in [-0.2, 0) is 42.3 Å². The minimum atomic E-state index is -0.687. The van der Waals surface area contributed by atoms with Gasteiger partial charge in [-0.05, 0) is 62.4 Å². The first kappa shape index (κ1) is 34.4. The molecule has 0 bridgehead atoms. The molecule has 2 aromatic heterocycles. The molecule has 0 unspecified atom stereocenters. The van der Waals surface area contributed by atoms with Gasteiger partial charge in [0.2, 0.25) is 0 Å². The molecule has 0 radical (unpaired) electrons. The van der Waals surface area contributed by atoms with Gasteiger partial charge in [-0.15, -0.1) is 0 Å². The molecule has 1 fully saturated rings. The molecule has 1 aliphatic carbocycles. The van der Waals surface area contributed by atoms with E-state index in [1.807, 2.05) is 80.3 Å². The van der Waals surface area contributed by atoms with E-state index in [4.69, 9.17) is 9.47 Å². The molecule has 2 aromatic carbocycles. The Kier molecular flexibility index (Phi) is 11.7. The maximum Gasteiger partial charge on any atom is 0.410 e. The number of pyridine rings is 1. The summed E-state index contributed by atoms with van der Waals surface area (Å²) in [4.78, 5) is 42.1. The number of amides is 2. The third kappa shape index (κ3) is 10.0. The number of ether oxygens (including phenoxy) is 2. The monoisotopic (exact) mass is 654 g/mol. The number of carbonyl (C=O) groups excluding carboxylic acids is 2. The Morgan fingerprint density at radius 3 is 2.29 bits per heavy atom. The second kappa shape index (κ2) is 16.3. The number of aromatic amines is 1. The minimum Gasteiger partial charge on any atom is -0.506 e. The average molecular weight is 655 g/mol. The van der Waals surface area contributed by atoms with Crippen molar-refractivity contribution >= 4 is 12.2 Å². The van der Waals surface area contributed by atoms with Crippen LogP contribution in [0.25, 0.3) is 0 Å². The molecule has 0 spiro atoms. The maximum absolute atomic E-state index is 13.8. The summed E-state index contributed by atoms with van der Waals surface area (Å²) in [6, 6.07) is 20.8. The Morgan fingerprint density at radius 2 is 1.60 bits per heavy atom. The van der Waals surface area contributed by atoms with E-state index < -0.39 is 11.7 Å². The molecule has 11 nitrogen and oxygen atoms in total. The predicted octanol–water partition coefficient (Wildman–Crippen LogP) is 6.69. The van der Waals surface area contributed by atoms with Crippen LogP contribution < -0.4 is 5.32 Å². The highest BCUT2D eigenvalue weighted by molar-refractivity contribution is 5.69. The zero-order valence-corrected chi connectivity index (χ0v) is 28.0. The lowest BCUT2D eigenvalue weighted by Crippen LogP contribution is -2.53. The molecule has 0 saturated heterocycles. The third-order valence-corrected chi connectivity index (χ3v) is 8.26. The van der Waals surface area contributed by atoms with E-state index in [0.717, 1.165) is 48.2 Å². The lowest BCUT2D eigenvalue weighted by atomic mass is 9.89. The summed E-state index contributed by atoms with van der Waals surface area (Å²) >= 11 is 0. The molecular formula is C37H46N6O5. The van der Waals surface area contributed by atoms with Gasteiger partial charge < -0.3 is 24.9 Å². The quantitative estimate of drug-likeness (QED) is 0.154. The first-order chi connectivity index (χ1) is 23.1. The van der Waals surface area contributed by atoms with Crippen LogP contribution in [0.1, 0.15) is 74.7 Å². The number of benzene rings is 2. The van der Waals surface area contributed by atoms with Crippen LogP contribution in [0.15, 0.2) is 85.3 Å². The molecule has 48 heavy (non-hydrogen) atoms. The van der Waals surface area contributed by atoms with Gasteiger partial charge in [-0.2, -0.15) is 0 Å². The third-order valence-electron chi connectivity index (χ3n) is 8.26. The van der Waals surface area contributed by atoms with Crippen LogP contribution in [-0.4, -0.2) is 59.7 Å². The summed E-state index contributed by atoms with van der Waals surface area (Å²) in [5.74, 6) is 0.868. The van der Waals surface area contributed by atoms with E-state index in [1.165, 1.54) is 4.90 Å². The summed E-state index contributed by atoms with van der Waals surface area (Å²) in [5.41, 5.74) is 2.44. The maximum atomic E-state index is 13.8. The van der Waals surface area contributed by atoms with Gasteiger partial charge in [-0.25, -0.2) is 14.6 Å². The molecular weight excluding hydrogens is 608 g/mol. The summed E-state index contributed by atoms with van der Waals surface area (Å²) in [6.45, 7) is 6.92. The summed E-state index contributed by atoms with van der Waals surface area (Å²) in [5, 5.41) is 14.0. The highest BCUT2D eigenvalue weighted by Gasteiger charge is 2.34. The van der Waals surface area contributed by atoms with Crippen molar-refractivity contribution in [2.24, 2.45) is 0 Å². The van der Waals surface area contributed by atoms with Crippen molar-refractivity contribution in [1.82, 2.24) is 30.1 Å². The van der Waals surface area contributed by atoms with Crippen LogP contribution in [0, 0.1) is 0 Å². The number of nitrogens with zero attached hydrogens (tertiary/aromatic N) is 4. The van der Waals surface area contributed by atoms with Crippen molar-refractivity contribution in [3.8, 4) is 5.75 Å². The number of hydrogen-bond donors (Lipinski definition) is 3. The van der Waals surface area contributed by atoms with Crippen molar-refractivity contribution in [3.05, 3.63) is 114 Å². The Hall–Kier alpha value is -4.90. The SMILES string of the molecule is CC(C)(C)OC(=O)N(Cc1ccc(CN(C(=O)OCc2ccccc2)[C@@H]2CCCC[C@@H]2NCc2ncc[nH]2)cc1)Cc1ncccc1O. The molecule has 2 amide bonds. The molecule has 2 heterocycles. The van der Waals surface area contributed by atoms with E-state index in [2.05, 4.69) is 20.3 Å². The molecule has 0 aliphatic heterocycles. The lowest BCUT2D eigenvalue weighted by Gasteiger charge is -2.40. The zero-order valence-electron chi connectivity index (χ0n) is 28.0. The van der Waals surface area contributed by atoms with Gasteiger partial charge in [0.05, 0.1) is 19.1 Å². The van der Waals surface area contributed by atoms with Crippen molar-refractivity contribution in [3.63, 3.8) is 0 Å². The average Bonchev–Trinajstić information content (AvgIpc) is 3.60. The van der Waals surface area contributed by atoms with Gasteiger partial charge in [0.25, 0.3) is 0 Å². The Balaban J connectivity index is 1.32. The van der Waals surface area contributed by atoms with Gasteiger partial charge >= 0.3 is 12.2 Å². The number of aromatic nitrogens is 3. The first-order valence-corrected chi connectivity index (χ1v) is 16.5. The van der Waals surface area contributed by atoms with Gasteiger partial charge in [0.15, 0.2) is 0 Å². The molecule has 1 saturated carbocycles. The van der Waals surface area contributed by atoms with Gasteiger partial charge in [0, 0.05) is 37.7 Å². The van der Waals surface area contributed by atoms with Gasteiger partial charge in [-0.3, -0.25) is 14.8 Å². The number of carbonyl (C=O) groups is 2. The second-order valence-electron chi connectivity index (χ2n) is 13.2. The van der Waals surface area contributed by atoms with E-state index >= 15 is 0 Å². The molecule has 11 heteroatoms. The summed E-state index contributed by atoms with van der Waals surface area (Å²) < 4.78 is 11.5. The normalized spacial score (nSPS) is 16.2. The van der Waals surface area contributed by atoms with Crippen LogP contribution in [0.2, 0.25) is 0 Å². The number of aromatic hydroxyl groups is 1. The fourth-order valence-corrected chi connectivity index (χ4v) is 5.88. The Labute approximate surface area is 282 Å². The van der Waals surface area contributed by atoms with E-state index in [9.17, 15) is 14.7 Å². The van der Waals surface area contributed by atoms with Crippen molar-refractivity contribution in [2.45, 2.75) is 96.9 Å². The number of rotatable bonds is 12. The van der Waals surface area contributed by atoms with Gasteiger partial charge in [0.1, 0.15) is 29.5 Å². The minimum absolute atomic E-state index is 0.0142. The summed E-state index contributed by atoms with van der Waals surface area (Å²) in [7, 11) is 0. The molecule has 3 N–H and O–H groups in total. The van der Waals surface area contributed by atoms with E-state index in [0.29, 0.717) is 18.8 Å².